The summed E-state index contributed by atoms with van der Waals surface area (Å²) in [5.41, 5.74) is 4.30. The molecule has 118 valence electrons. The van der Waals surface area contributed by atoms with Gasteiger partial charge in [0.15, 0.2) is 5.78 Å². The first-order valence-electron chi connectivity index (χ1n) is 8.05. The van der Waals surface area contributed by atoms with Crippen LogP contribution < -0.4 is 4.90 Å². The molecule has 0 radical (unpaired) electrons. The Morgan fingerprint density at radius 1 is 1.09 bits per heavy atom. The summed E-state index contributed by atoms with van der Waals surface area (Å²) in [5.74, 6) is 0.222. The number of fused-ring (bicyclic) bond motifs is 1. The fourth-order valence-electron chi connectivity index (χ4n) is 3.10. The Hall–Kier alpha value is -2.55. The molecule has 23 heavy (non-hydrogen) atoms. The Morgan fingerprint density at radius 3 is 2.39 bits per heavy atom. The van der Waals surface area contributed by atoms with Crippen LogP contribution in [0.4, 0.5) is 5.69 Å². The standard InChI is InChI=1S/C20H21NO2/c1-3-21(4-2)16-10-8-14(9-11-16)12-15-13-18-17(20(15)23)6-5-7-19(18)22/h5-12,22H,3-4,13H2,1-2H3/b15-12-. The molecule has 3 rings (SSSR count). The molecule has 0 amide bonds. The summed E-state index contributed by atoms with van der Waals surface area (Å²) in [6.45, 7) is 6.23. The minimum absolute atomic E-state index is 0.0173. The summed E-state index contributed by atoms with van der Waals surface area (Å²) in [4.78, 5) is 14.7. The van der Waals surface area contributed by atoms with Crippen LogP contribution in [0.2, 0.25) is 0 Å². The Morgan fingerprint density at radius 2 is 1.78 bits per heavy atom. The topological polar surface area (TPSA) is 40.5 Å². The first-order valence-corrected chi connectivity index (χ1v) is 8.05. The van der Waals surface area contributed by atoms with Crippen LogP contribution in [0.1, 0.15) is 35.3 Å². The van der Waals surface area contributed by atoms with E-state index in [-0.39, 0.29) is 11.5 Å². The van der Waals surface area contributed by atoms with Crippen molar-refractivity contribution in [3.8, 4) is 5.75 Å². The molecule has 0 spiro atoms. The maximum Gasteiger partial charge on any atom is 0.189 e. The number of nitrogens with zero attached hydrogens (tertiary/aromatic N) is 1. The van der Waals surface area contributed by atoms with Crippen molar-refractivity contribution in [2.45, 2.75) is 20.3 Å². The first kappa shape index (κ1) is 15.3. The number of rotatable bonds is 4. The summed E-state index contributed by atoms with van der Waals surface area (Å²) in [7, 11) is 0. The van der Waals surface area contributed by atoms with E-state index in [1.54, 1.807) is 18.2 Å². The lowest BCUT2D eigenvalue weighted by Crippen LogP contribution is -2.21. The molecule has 3 heteroatoms. The third kappa shape index (κ3) is 2.87. The highest BCUT2D eigenvalue weighted by atomic mass is 16.3. The largest absolute Gasteiger partial charge is 0.508 e. The van der Waals surface area contributed by atoms with Gasteiger partial charge in [0.25, 0.3) is 0 Å². The molecule has 0 fully saturated rings. The van der Waals surface area contributed by atoms with E-state index in [4.69, 9.17) is 0 Å². The average Bonchev–Trinajstić information content (AvgIpc) is 2.88. The zero-order valence-electron chi connectivity index (χ0n) is 13.5. The number of aromatic hydroxyl groups is 1. The van der Waals surface area contributed by atoms with Crippen molar-refractivity contribution >= 4 is 17.5 Å². The van der Waals surface area contributed by atoms with Crippen LogP contribution in [0.3, 0.4) is 0 Å². The van der Waals surface area contributed by atoms with E-state index in [1.807, 2.05) is 18.2 Å². The third-order valence-electron chi connectivity index (χ3n) is 4.42. The zero-order valence-corrected chi connectivity index (χ0v) is 13.5. The summed E-state index contributed by atoms with van der Waals surface area (Å²) in [6, 6.07) is 13.4. The maximum absolute atomic E-state index is 12.4. The van der Waals surface area contributed by atoms with Crippen LogP contribution in [-0.2, 0) is 6.42 Å². The van der Waals surface area contributed by atoms with Gasteiger partial charge in [-0.1, -0.05) is 24.3 Å². The van der Waals surface area contributed by atoms with Crippen LogP contribution in [0, 0.1) is 0 Å². The van der Waals surface area contributed by atoms with Crippen molar-refractivity contribution in [1.29, 1.82) is 0 Å². The van der Waals surface area contributed by atoms with Gasteiger partial charge in [0.05, 0.1) is 0 Å². The molecule has 0 aromatic heterocycles. The van der Waals surface area contributed by atoms with Gasteiger partial charge in [-0.25, -0.2) is 0 Å². The van der Waals surface area contributed by atoms with Crippen molar-refractivity contribution < 1.29 is 9.90 Å². The van der Waals surface area contributed by atoms with Gasteiger partial charge >= 0.3 is 0 Å². The van der Waals surface area contributed by atoms with Gasteiger partial charge in [-0.2, -0.15) is 0 Å². The molecule has 2 aromatic rings. The van der Waals surface area contributed by atoms with E-state index in [2.05, 4.69) is 30.9 Å². The van der Waals surface area contributed by atoms with Crippen LogP contribution in [-0.4, -0.2) is 24.0 Å². The molecule has 0 unspecified atom stereocenters. The Balaban J connectivity index is 1.86. The van der Waals surface area contributed by atoms with Crippen LogP contribution in [0.5, 0.6) is 5.75 Å². The number of phenolic OH excluding ortho intramolecular Hbond substituents is 1. The molecule has 1 N–H and O–H groups in total. The lowest BCUT2D eigenvalue weighted by atomic mass is 10.1. The zero-order chi connectivity index (χ0) is 16.4. The Labute approximate surface area is 136 Å². The smallest absolute Gasteiger partial charge is 0.189 e. The van der Waals surface area contributed by atoms with Crippen LogP contribution >= 0.6 is 0 Å². The van der Waals surface area contributed by atoms with E-state index in [9.17, 15) is 9.90 Å². The van der Waals surface area contributed by atoms with Crippen molar-refractivity contribution in [2.75, 3.05) is 18.0 Å². The number of phenols is 1. The number of carbonyl (C=O) groups excluding carboxylic acids is 1. The Bertz CT molecular complexity index is 756. The number of hydrogen-bond donors (Lipinski definition) is 1. The van der Waals surface area contributed by atoms with Gasteiger partial charge < -0.3 is 10.0 Å². The molecular weight excluding hydrogens is 286 g/mol. The first-order chi connectivity index (χ1) is 11.1. The highest BCUT2D eigenvalue weighted by molar-refractivity contribution is 6.16. The van der Waals surface area contributed by atoms with E-state index < -0.39 is 0 Å². The SMILES string of the molecule is CCN(CC)c1ccc(/C=C2/Cc3c(O)cccc3C2=O)cc1. The van der Waals surface area contributed by atoms with E-state index >= 15 is 0 Å². The summed E-state index contributed by atoms with van der Waals surface area (Å²) < 4.78 is 0. The van der Waals surface area contributed by atoms with Crippen LogP contribution in [0.15, 0.2) is 48.0 Å². The van der Waals surface area contributed by atoms with Crippen LogP contribution in [0.25, 0.3) is 6.08 Å². The molecule has 1 aliphatic rings. The van der Waals surface area contributed by atoms with Gasteiger partial charge in [0.1, 0.15) is 5.75 Å². The number of ketones is 1. The fourth-order valence-corrected chi connectivity index (χ4v) is 3.10. The van der Waals surface area contributed by atoms with Crippen molar-refractivity contribution in [1.82, 2.24) is 0 Å². The predicted octanol–water partition coefficient (Wildman–Crippen LogP) is 4.06. The molecule has 3 nitrogen and oxygen atoms in total. The minimum atomic E-state index is 0.0173. The van der Waals surface area contributed by atoms with Crippen molar-refractivity contribution in [2.24, 2.45) is 0 Å². The predicted molar refractivity (Wildman–Crippen MR) is 94.1 cm³/mol. The molecule has 0 saturated carbocycles. The van der Waals surface area contributed by atoms with Crippen molar-refractivity contribution in [3.05, 3.63) is 64.7 Å². The second kappa shape index (κ2) is 6.29. The van der Waals surface area contributed by atoms with Gasteiger partial charge in [-0.3, -0.25) is 4.79 Å². The number of carbonyl (C=O) groups is 1. The van der Waals surface area contributed by atoms with E-state index in [0.29, 0.717) is 12.0 Å². The lowest BCUT2D eigenvalue weighted by Gasteiger charge is -2.20. The highest BCUT2D eigenvalue weighted by Gasteiger charge is 2.26. The maximum atomic E-state index is 12.4. The van der Waals surface area contributed by atoms with E-state index in [0.717, 1.165) is 29.8 Å². The number of hydrogen-bond acceptors (Lipinski definition) is 3. The number of anilines is 1. The summed E-state index contributed by atoms with van der Waals surface area (Å²) in [5, 5.41) is 9.90. The summed E-state index contributed by atoms with van der Waals surface area (Å²) >= 11 is 0. The molecule has 2 aromatic carbocycles. The third-order valence-corrected chi connectivity index (χ3v) is 4.42. The molecule has 0 heterocycles. The van der Waals surface area contributed by atoms with Gasteiger partial charge in [-0.15, -0.1) is 0 Å². The molecule has 0 aliphatic heterocycles. The highest BCUT2D eigenvalue weighted by Crippen LogP contribution is 2.33. The van der Waals surface area contributed by atoms with Gasteiger partial charge in [-0.05, 0) is 43.7 Å². The lowest BCUT2D eigenvalue weighted by molar-refractivity contribution is 0.104. The van der Waals surface area contributed by atoms with Gasteiger partial charge in [0, 0.05) is 41.9 Å². The quantitative estimate of drug-likeness (QED) is 0.866. The van der Waals surface area contributed by atoms with Gasteiger partial charge in [0.2, 0.25) is 0 Å². The molecule has 0 bridgehead atoms. The van der Waals surface area contributed by atoms with E-state index in [1.165, 1.54) is 5.69 Å². The average molecular weight is 307 g/mol. The molecule has 0 saturated heterocycles. The number of Topliss-reactive ketones (excluding diaryl/α,β-unsaturated/α-hetero) is 1. The minimum Gasteiger partial charge on any atom is -0.508 e. The van der Waals surface area contributed by atoms with Crippen molar-refractivity contribution in [3.63, 3.8) is 0 Å². The normalized spacial score (nSPS) is 15.0. The monoisotopic (exact) mass is 307 g/mol. The number of benzene rings is 2. The second-order valence-electron chi connectivity index (χ2n) is 5.74. The fraction of sp³-hybridized carbons (Fsp3) is 0.250. The molecule has 1 aliphatic carbocycles. The Kier molecular flexibility index (Phi) is 4.20. The molecule has 0 atom stereocenters. The summed E-state index contributed by atoms with van der Waals surface area (Å²) in [6.07, 6.45) is 2.42. The molecular formula is C20H21NO2. The second-order valence-corrected chi connectivity index (χ2v) is 5.74. The number of allylic oxidation sites excluding steroid dienone is 1.